The maximum atomic E-state index is 12.5. The molecule has 3 aliphatic rings. The van der Waals surface area contributed by atoms with Gasteiger partial charge in [0.15, 0.2) is 11.6 Å². The van der Waals surface area contributed by atoms with E-state index in [1.54, 1.807) is 102 Å². The standard InChI is InChI=1S/C16H19BrN2O5.C16H19BrN2O4.C15H17BrN2O5.C2H4/c1-9(2)14(13(21)7-20)19-15(22)12(18-16(19)23)8-24-11-5-3-10(17)4-6-11;1-9(2)14(10(3)20)19-15(21)13(18-16(19)22)8-23-12-6-4-11(17)5-7-12;1-8(2)12(14(20)21)18-13(19)11(17-15(18)22)7-23-10-5-3-9(16)4-6-10;1-2/h3-6,9,12,14,20H,7-8H2,1-2H3,(H,18,23);4-7,9,13-14H,8H2,1-3H3,(H,18,22);3-6,8,11-12H,7H2,1-2H3,(H,17,22)(H,20,21);1-2H2/t12-,14+;13-,14+;11-,12+;/m000./s1. The molecule has 390 valence electrons. The Labute approximate surface area is 442 Å². The second-order valence-electron chi connectivity index (χ2n) is 17.1. The van der Waals surface area contributed by atoms with Gasteiger partial charge in [-0.3, -0.25) is 33.8 Å². The van der Waals surface area contributed by atoms with Crippen molar-refractivity contribution < 1.29 is 67.6 Å². The summed E-state index contributed by atoms with van der Waals surface area (Å²) in [5, 5.41) is 25.9. The van der Waals surface area contributed by atoms with E-state index >= 15 is 0 Å². The fraction of sp³-hybridized carbons (Fsp3) is 0.408. The summed E-state index contributed by atoms with van der Waals surface area (Å²) in [6.45, 7) is 16.9. The molecule has 0 spiro atoms. The zero-order valence-electron chi connectivity index (χ0n) is 40.6. The molecule has 3 saturated heterocycles. The third kappa shape index (κ3) is 16.2. The van der Waals surface area contributed by atoms with Gasteiger partial charge < -0.3 is 40.4 Å². The molecule has 0 radical (unpaired) electrons. The van der Waals surface area contributed by atoms with Crippen LogP contribution < -0.4 is 30.2 Å². The summed E-state index contributed by atoms with van der Waals surface area (Å²) in [7, 11) is 0. The topological polar surface area (TPSA) is 268 Å². The number of halogens is 3. The highest BCUT2D eigenvalue weighted by Gasteiger charge is 2.48. The van der Waals surface area contributed by atoms with Gasteiger partial charge in [0.05, 0.1) is 0 Å². The first kappa shape index (κ1) is 60.1. The molecular formula is C49H59Br3N6O14. The highest BCUT2D eigenvalue weighted by molar-refractivity contribution is 9.11. The van der Waals surface area contributed by atoms with Gasteiger partial charge in [0.1, 0.15) is 79.9 Å². The lowest BCUT2D eigenvalue weighted by Gasteiger charge is -2.26. The maximum absolute atomic E-state index is 12.5. The van der Waals surface area contributed by atoms with E-state index in [9.17, 15) is 48.3 Å². The molecule has 0 aliphatic carbocycles. The molecule has 3 aliphatic heterocycles. The van der Waals surface area contributed by atoms with Crippen LogP contribution in [0.4, 0.5) is 14.4 Å². The molecule has 3 aromatic rings. The van der Waals surface area contributed by atoms with Gasteiger partial charge in [-0.2, -0.15) is 0 Å². The number of hydrogen-bond acceptors (Lipinski definition) is 13. The molecule has 6 rings (SSSR count). The summed E-state index contributed by atoms with van der Waals surface area (Å²) >= 11 is 9.94. The highest BCUT2D eigenvalue weighted by Crippen LogP contribution is 2.24. The number of carbonyl (C=O) groups excluding carboxylic acids is 8. The number of ether oxygens (including phenoxy) is 3. The summed E-state index contributed by atoms with van der Waals surface area (Å²) in [6, 6.07) is 13.8. The molecule has 9 amide bonds. The normalized spacial score (nSPS) is 18.4. The van der Waals surface area contributed by atoms with Crippen LogP contribution in [0.3, 0.4) is 0 Å². The van der Waals surface area contributed by atoms with Crippen LogP contribution >= 0.6 is 47.8 Å². The van der Waals surface area contributed by atoms with Gasteiger partial charge in [-0.1, -0.05) is 89.3 Å². The van der Waals surface area contributed by atoms with Crippen molar-refractivity contribution in [1.29, 1.82) is 0 Å². The van der Waals surface area contributed by atoms with Crippen LogP contribution in [0, 0.1) is 17.8 Å². The Morgan fingerprint density at radius 2 is 0.792 bits per heavy atom. The number of urea groups is 3. The van der Waals surface area contributed by atoms with Crippen molar-refractivity contribution in [3.8, 4) is 17.2 Å². The van der Waals surface area contributed by atoms with E-state index in [0.717, 1.165) is 28.1 Å². The molecule has 0 bridgehead atoms. The van der Waals surface area contributed by atoms with Gasteiger partial charge in [-0.15, -0.1) is 13.2 Å². The lowest BCUT2D eigenvalue weighted by atomic mass is 9.98. The third-order valence-electron chi connectivity index (χ3n) is 10.7. The van der Waals surface area contributed by atoms with Crippen LogP contribution in [0.1, 0.15) is 48.5 Å². The molecule has 3 fully saturated rings. The number of aliphatic carboxylic acids is 1. The Bertz CT molecular complexity index is 2300. The Hall–Kier alpha value is -6.17. The molecule has 0 saturated carbocycles. The number of Topliss-reactive ketones (excluding diaryl/α,β-unsaturated/α-hetero) is 2. The number of imide groups is 3. The van der Waals surface area contributed by atoms with Gasteiger partial charge in [-0.05, 0) is 97.5 Å². The predicted octanol–water partition coefficient (Wildman–Crippen LogP) is 6.36. The molecule has 72 heavy (non-hydrogen) atoms. The molecule has 5 N–H and O–H groups in total. The molecule has 6 atom stereocenters. The summed E-state index contributed by atoms with van der Waals surface area (Å²) in [5.74, 6) is -2.67. The fourth-order valence-electron chi connectivity index (χ4n) is 7.46. The van der Waals surface area contributed by atoms with E-state index < -0.39 is 96.3 Å². The van der Waals surface area contributed by atoms with Crippen LogP contribution in [-0.4, -0.2) is 141 Å². The van der Waals surface area contributed by atoms with E-state index in [1.807, 2.05) is 12.1 Å². The van der Waals surface area contributed by atoms with Crippen LogP contribution in [0.25, 0.3) is 0 Å². The number of nitrogens with zero attached hydrogens (tertiary/aromatic N) is 3. The van der Waals surface area contributed by atoms with Crippen LogP contribution in [0.2, 0.25) is 0 Å². The number of rotatable bonds is 19. The lowest BCUT2D eigenvalue weighted by molar-refractivity contribution is -0.148. The Balaban J connectivity index is 0.000000280. The van der Waals surface area contributed by atoms with Gasteiger partial charge in [0.25, 0.3) is 17.7 Å². The van der Waals surface area contributed by atoms with Crippen LogP contribution in [-0.2, 0) is 28.8 Å². The first-order chi connectivity index (χ1) is 34.0. The van der Waals surface area contributed by atoms with Gasteiger partial charge in [0.2, 0.25) is 0 Å². The highest BCUT2D eigenvalue weighted by atomic mass is 79.9. The average Bonchev–Trinajstić information content (AvgIpc) is 3.88. The van der Waals surface area contributed by atoms with Crippen molar-refractivity contribution in [3.05, 3.63) is 99.4 Å². The first-order valence-electron chi connectivity index (χ1n) is 22.4. The third-order valence-corrected chi connectivity index (χ3v) is 12.3. The number of ketones is 2. The minimum Gasteiger partial charge on any atom is -0.491 e. The lowest BCUT2D eigenvalue weighted by Crippen LogP contribution is -2.49. The zero-order chi connectivity index (χ0) is 54.1. The molecule has 20 nitrogen and oxygen atoms in total. The zero-order valence-corrected chi connectivity index (χ0v) is 45.4. The maximum Gasteiger partial charge on any atom is 0.327 e. The van der Waals surface area contributed by atoms with Gasteiger partial charge in [-0.25, -0.2) is 24.1 Å². The fourth-order valence-corrected chi connectivity index (χ4v) is 8.25. The predicted molar refractivity (Wildman–Crippen MR) is 274 cm³/mol. The van der Waals surface area contributed by atoms with Crippen LogP contribution in [0.5, 0.6) is 17.2 Å². The number of aliphatic hydroxyl groups is 1. The molecule has 3 aromatic carbocycles. The number of carboxylic acids is 1. The Morgan fingerprint density at radius 3 is 1.03 bits per heavy atom. The number of aliphatic hydroxyl groups excluding tert-OH is 1. The Kier molecular flexibility index (Phi) is 23.5. The van der Waals surface area contributed by atoms with Gasteiger partial charge >= 0.3 is 24.1 Å². The van der Waals surface area contributed by atoms with Crippen molar-refractivity contribution in [2.75, 3.05) is 26.4 Å². The number of hydrogen-bond donors (Lipinski definition) is 5. The average molecular weight is 1200 g/mol. The minimum atomic E-state index is -1.21. The second kappa shape index (κ2) is 28.2. The summed E-state index contributed by atoms with van der Waals surface area (Å²) in [6.07, 6.45) is 0. The minimum absolute atomic E-state index is 0.0193. The van der Waals surface area contributed by atoms with E-state index in [0.29, 0.717) is 17.2 Å². The van der Waals surface area contributed by atoms with Crippen molar-refractivity contribution in [3.63, 3.8) is 0 Å². The number of carboxylic acid groups (broad SMARTS) is 1. The van der Waals surface area contributed by atoms with Crippen molar-refractivity contribution in [2.24, 2.45) is 17.8 Å². The van der Waals surface area contributed by atoms with Gasteiger partial charge in [0, 0.05) is 13.4 Å². The SMILES string of the molecule is C=C.CC(=O)[C@@H](C(C)C)N1C(=O)N[C@@H](COc2ccc(Br)cc2)C1=O.CC(C)[C@H](C(=O)CO)N1C(=O)N[C@@H](COc2ccc(Br)cc2)C1=O.CC(C)[C@H](C(=O)O)N1C(=O)N[C@@H](COc2ccc(Br)cc2)C1=O. The number of benzene rings is 3. The van der Waals surface area contributed by atoms with E-state index in [1.165, 1.54) is 6.92 Å². The van der Waals surface area contributed by atoms with Crippen molar-refractivity contribution >= 4 is 101 Å². The molecule has 0 unspecified atom stereocenters. The smallest absolute Gasteiger partial charge is 0.327 e. The van der Waals surface area contributed by atoms with E-state index in [2.05, 4.69) is 76.9 Å². The number of amides is 9. The first-order valence-corrected chi connectivity index (χ1v) is 24.8. The molecule has 0 aromatic heterocycles. The second-order valence-corrected chi connectivity index (χ2v) is 19.8. The summed E-state index contributed by atoms with van der Waals surface area (Å²) in [5.41, 5.74) is 0. The quantitative estimate of drug-likeness (QED) is 0.0647. The number of nitrogens with one attached hydrogen (secondary N) is 3. The molecular weight excluding hydrogens is 1140 g/mol. The van der Waals surface area contributed by atoms with Crippen LogP contribution in [0.15, 0.2) is 99.4 Å². The monoisotopic (exact) mass is 1190 g/mol. The van der Waals surface area contributed by atoms with E-state index in [4.69, 9.17) is 19.3 Å². The number of carbonyl (C=O) groups is 9. The molecule has 23 heteroatoms. The Morgan fingerprint density at radius 1 is 0.528 bits per heavy atom. The van der Waals surface area contributed by atoms with Crippen molar-refractivity contribution in [2.45, 2.75) is 84.7 Å². The largest absolute Gasteiger partial charge is 0.491 e. The summed E-state index contributed by atoms with van der Waals surface area (Å²) < 4.78 is 19.3. The molecule has 3 heterocycles. The summed E-state index contributed by atoms with van der Waals surface area (Å²) in [4.78, 5) is 111. The van der Waals surface area contributed by atoms with E-state index in [-0.39, 0.29) is 37.4 Å². The van der Waals surface area contributed by atoms with Crippen molar-refractivity contribution in [1.82, 2.24) is 30.7 Å².